The van der Waals surface area contributed by atoms with Gasteiger partial charge < -0.3 is 19.7 Å². The van der Waals surface area contributed by atoms with Crippen LogP contribution >= 0.6 is 23.1 Å². The first-order valence-corrected chi connectivity index (χ1v) is 9.75. The molecule has 2 heterocycles. The summed E-state index contributed by atoms with van der Waals surface area (Å²) in [7, 11) is 1.28. The fraction of sp³-hybridized carbons (Fsp3) is 0.500. The molecule has 0 aliphatic carbocycles. The molecule has 0 unspecified atom stereocenters. The molecule has 0 aromatic carbocycles. The molecule has 142 valence electrons. The second-order valence-corrected chi connectivity index (χ2v) is 7.66. The van der Waals surface area contributed by atoms with E-state index in [9.17, 15) is 19.2 Å². The molecule has 1 aromatic heterocycles. The number of hydrogen-bond donors (Lipinski definition) is 1. The zero-order chi connectivity index (χ0) is 19.3. The standard InChI is InChI=1S/C16H20N2O6S2/c1-4-24-16(22)18-6-5-10-11(7-18)26-14(13(10)15(21)23-3)17-12(20)8-25-9(2)19/h4-8H2,1-3H3,(H,17,20). The molecular formula is C16H20N2O6S2. The third-order valence-electron chi connectivity index (χ3n) is 3.63. The number of thiophene rings is 1. The number of carbonyl (C=O) groups is 4. The van der Waals surface area contributed by atoms with Gasteiger partial charge in [0.25, 0.3) is 0 Å². The van der Waals surface area contributed by atoms with Gasteiger partial charge in [-0.3, -0.25) is 9.59 Å². The van der Waals surface area contributed by atoms with Crippen LogP contribution in [0.2, 0.25) is 0 Å². The highest BCUT2D eigenvalue weighted by Crippen LogP contribution is 2.37. The fourth-order valence-electron chi connectivity index (χ4n) is 2.51. The topological polar surface area (TPSA) is 102 Å². The second kappa shape index (κ2) is 9.04. The first-order chi connectivity index (χ1) is 12.4. The molecule has 0 spiro atoms. The van der Waals surface area contributed by atoms with Crippen LogP contribution in [0, 0.1) is 0 Å². The average molecular weight is 400 g/mol. The van der Waals surface area contributed by atoms with E-state index >= 15 is 0 Å². The number of nitrogens with one attached hydrogen (secondary N) is 1. The summed E-state index contributed by atoms with van der Waals surface area (Å²) >= 11 is 2.12. The highest BCUT2D eigenvalue weighted by atomic mass is 32.2. The van der Waals surface area contributed by atoms with Gasteiger partial charge >= 0.3 is 12.1 Å². The minimum Gasteiger partial charge on any atom is -0.465 e. The molecule has 1 aliphatic rings. The molecular weight excluding hydrogens is 380 g/mol. The molecule has 2 amide bonds. The van der Waals surface area contributed by atoms with Crippen molar-refractivity contribution in [3.63, 3.8) is 0 Å². The van der Waals surface area contributed by atoms with E-state index in [-0.39, 0.29) is 23.4 Å². The Morgan fingerprint density at radius 3 is 2.65 bits per heavy atom. The fourth-order valence-corrected chi connectivity index (χ4v) is 4.18. The van der Waals surface area contributed by atoms with Crippen LogP contribution in [0.15, 0.2) is 0 Å². The summed E-state index contributed by atoms with van der Waals surface area (Å²) < 4.78 is 9.86. The first kappa shape index (κ1) is 20.2. The van der Waals surface area contributed by atoms with Gasteiger partial charge in [-0.15, -0.1) is 11.3 Å². The van der Waals surface area contributed by atoms with E-state index in [0.717, 1.165) is 22.2 Å². The summed E-state index contributed by atoms with van der Waals surface area (Å²) in [6, 6.07) is 0. The van der Waals surface area contributed by atoms with E-state index in [2.05, 4.69) is 5.32 Å². The summed E-state index contributed by atoms with van der Waals surface area (Å²) in [5.74, 6) is -0.953. The maximum Gasteiger partial charge on any atom is 0.410 e. The van der Waals surface area contributed by atoms with Crippen LogP contribution in [0.4, 0.5) is 9.80 Å². The largest absolute Gasteiger partial charge is 0.465 e. The number of anilines is 1. The van der Waals surface area contributed by atoms with Gasteiger partial charge in [-0.2, -0.15) is 0 Å². The van der Waals surface area contributed by atoms with Gasteiger partial charge in [0.1, 0.15) is 5.00 Å². The van der Waals surface area contributed by atoms with Gasteiger partial charge in [-0.1, -0.05) is 11.8 Å². The number of esters is 1. The Balaban J connectivity index is 2.24. The van der Waals surface area contributed by atoms with E-state index in [1.807, 2.05) is 0 Å². The Morgan fingerprint density at radius 1 is 1.31 bits per heavy atom. The molecule has 10 heteroatoms. The normalized spacial score (nSPS) is 13.0. The molecule has 0 atom stereocenters. The van der Waals surface area contributed by atoms with Gasteiger partial charge in [0.15, 0.2) is 5.12 Å². The Morgan fingerprint density at radius 2 is 2.04 bits per heavy atom. The summed E-state index contributed by atoms with van der Waals surface area (Å²) in [5.41, 5.74) is 1.09. The van der Waals surface area contributed by atoms with Gasteiger partial charge in [0.05, 0.1) is 31.6 Å². The lowest BCUT2D eigenvalue weighted by atomic mass is 10.0. The molecule has 0 fully saturated rings. The number of nitrogens with zero attached hydrogens (tertiary/aromatic N) is 1. The quantitative estimate of drug-likeness (QED) is 0.757. The van der Waals surface area contributed by atoms with Crippen molar-refractivity contribution >= 4 is 51.2 Å². The van der Waals surface area contributed by atoms with Crippen molar-refractivity contribution in [2.24, 2.45) is 0 Å². The maximum atomic E-state index is 12.2. The number of rotatable bonds is 5. The number of thioether (sulfide) groups is 1. The van der Waals surface area contributed by atoms with Crippen molar-refractivity contribution in [2.75, 3.05) is 31.3 Å². The maximum absolute atomic E-state index is 12.2. The molecule has 1 aromatic rings. The minimum absolute atomic E-state index is 0.0343. The number of carbonyl (C=O) groups excluding carboxylic acids is 4. The average Bonchev–Trinajstić information content (AvgIpc) is 2.96. The van der Waals surface area contributed by atoms with Crippen molar-refractivity contribution in [1.29, 1.82) is 0 Å². The van der Waals surface area contributed by atoms with E-state index in [0.29, 0.717) is 30.1 Å². The Kier molecular flexibility index (Phi) is 7.04. The van der Waals surface area contributed by atoms with Crippen LogP contribution in [-0.2, 0) is 32.0 Å². The summed E-state index contributed by atoms with van der Waals surface area (Å²) in [5, 5.41) is 2.89. The van der Waals surface area contributed by atoms with E-state index in [1.54, 1.807) is 11.8 Å². The van der Waals surface area contributed by atoms with Crippen molar-refractivity contribution in [3.8, 4) is 0 Å². The minimum atomic E-state index is -0.540. The monoisotopic (exact) mass is 400 g/mol. The lowest BCUT2D eigenvalue weighted by Crippen LogP contribution is -2.36. The molecule has 1 N–H and O–H groups in total. The molecule has 0 saturated carbocycles. The lowest BCUT2D eigenvalue weighted by Gasteiger charge is -2.26. The van der Waals surface area contributed by atoms with Crippen molar-refractivity contribution in [1.82, 2.24) is 4.90 Å². The van der Waals surface area contributed by atoms with Crippen LogP contribution in [0.5, 0.6) is 0 Å². The van der Waals surface area contributed by atoms with Gasteiger partial charge in [-0.05, 0) is 18.9 Å². The van der Waals surface area contributed by atoms with Gasteiger partial charge in [-0.25, -0.2) is 9.59 Å². The van der Waals surface area contributed by atoms with Crippen LogP contribution in [-0.4, -0.2) is 54.0 Å². The van der Waals surface area contributed by atoms with E-state index in [1.165, 1.54) is 25.4 Å². The SMILES string of the molecule is CCOC(=O)N1CCc2c(sc(NC(=O)CSC(C)=O)c2C(=O)OC)C1. The predicted octanol–water partition coefficient (Wildman–Crippen LogP) is 2.27. The number of amides is 2. The summed E-state index contributed by atoms with van der Waals surface area (Å²) in [4.78, 5) is 49.5. The van der Waals surface area contributed by atoms with Crippen molar-refractivity contribution in [3.05, 3.63) is 16.0 Å². The zero-order valence-corrected chi connectivity index (χ0v) is 16.4. The van der Waals surface area contributed by atoms with E-state index < -0.39 is 12.1 Å². The third kappa shape index (κ3) is 4.76. The van der Waals surface area contributed by atoms with Crippen LogP contribution < -0.4 is 5.32 Å². The molecule has 0 bridgehead atoms. The van der Waals surface area contributed by atoms with Crippen molar-refractivity contribution in [2.45, 2.75) is 26.8 Å². The zero-order valence-electron chi connectivity index (χ0n) is 14.7. The van der Waals surface area contributed by atoms with E-state index in [4.69, 9.17) is 9.47 Å². The predicted molar refractivity (Wildman–Crippen MR) is 98.6 cm³/mol. The Labute approximate surface area is 159 Å². The molecule has 8 nitrogen and oxygen atoms in total. The number of fused-ring (bicyclic) bond motifs is 1. The van der Waals surface area contributed by atoms with Crippen molar-refractivity contribution < 1.29 is 28.7 Å². The lowest BCUT2D eigenvalue weighted by molar-refractivity contribution is -0.114. The molecule has 1 aliphatic heterocycles. The molecule has 0 radical (unpaired) electrons. The smallest absolute Gasteiger partial charge is 0.410 e. The first-order valence-electron chi connectivity index (χ1n) is 7.95. The highest BCUT2D eigenvalue weighted by Gasteiger charge is 2.31. The van der Waals surface area contributed by atoms with Gasteiger partial charge in [0, 0.05) is 18.3 Å². The van der Waals surface area contributed by atoms with Gasteiger partial charge in [0.2, 0.25) is 5.91 Å². The number of ether oxygens (including phenoxy) is 2. The molecule has 0 saturated heterocycles. The third-order valence-corrected chi connectivity index (χ3v) is 5.58. The molecule has 2 rings (SSSR count). The highest BCUT2D eigenvalue weighted by molar-refractivity contribution is 8.14. The number of methoxy groups -OCH3 is 1. The molecule has 26 heavy (non-hydrogen) atoms. The summed E-state index contributed by atoms with van der Waals surface area (Å²) in [6.07, 6.45) is 0.0577. The Hall–Kier alpha value is -2.07. The number of hydrogen-bond acceptors (Lipinski definition) is 8. The van der Waals surface area contributed by atoms with Crippen LogP contribution in [0.25, 0.3) is 0 Å². The van der Waals surface area contributed by atoms with Crippen LogP contribution in [0.1, 0.15) is 34.6 Å². The second-order valence-electron chi connectivity index (χ2n) is 5.40. The van der Waals surface area contributed by atoms with Crippen LogP contribution in [0.3, 0.4) is 0 Å². The summed E-state index contributed by atoms with van der Waals surface area (Å²) in [6.45, 7) is 4.13. The Bertz CT molecular complexity index is 731.